The quantitative estimate of drug-likeness (QED) is 0.582. The van der Waals surface area contributed by atoms with Crippen molar-refractivity contribution in [2.75, 3.05) is 0 Å². The molecule has 23 heavy (non-hydrogen) atoms. The van der Waals surface area contributed by atoms with Crippen LogP contribution in [0.3, 0.4) is 0 Å². The molecule has 4 heteroatoms. The summed E-state index contributed by atoms with van der Waals surface area (Å²) in [6.07, 6.45) is 7.27. The fourth-order valence-electron chi connectivity index (χ4n) is 2.13. The van der Waals surface area contributed by atoms with Gasteiger partial charge in [-0.2, -0.15) is 0 Å². The third-order valence-electron chi connectivity index (χ3n) is 3.31. The minimum Gasteiger partial charge on any atom is -0.296 e. The Kier molecular flexibility index (Phi) is 6.74. The van der Waals surface area contributed by atoms with Gasteiger partial charge in [0.15, 0.2) is 0 Å². The summed E-state index contributed by atoms with van der Waals surface area (Å²) in [7, 11) is -2.62. The molecule has 0 fully saturated rings. The second-order valence-corrected chi connectivity index (χ2v) is 8.83. The monoisotopic (exact) mass is 341 g/mol. The fourth-order valence-corrected chi connectivity index (χ4v) is 6.22. The van der Waals surface area contributed by atoms with Crippen LogP contribution < -0.4 is 15.5 Å². The second-order valence-electron chi connectivity index (χ2n) is 4.86. The summed E-state index contributed by atoms with van der Waals surface area (Å²) in [5, 5.41) is 2.73. The normalized spacial score (nSPS) is 15.1. The number of nitrogens with one attached hydrogen (secondary N) is 1. The lowest BCUT2D eigenvalue weighted by Gasteiger charge is -2.21. The summed E-state index contributed by atoms with van der Waals surface area (Å²) in [6.45, 7) is 5.60. The van der Waals surface area contributed by atoms with Crippen molar-refractivity contribution >= 4 is 26.6 Å². The van der Waals surface area contributed by atoms with Gasteiger partial charge in [-0.25, -0.2) is 4.86 Å². The highest BCUT2D eigenvalue weighted by molar-refractivity contribution is 7.80. The Labute approximate surface area is 140 Å². The van der Waals surface area contributed by atoms with Crippen LogP contribution in [0.5, 0.6) is 0 Å². The Morgan fingerprint density at radius 1 is 1.09 bits per heavy atom. The third-order valence-corrected chi connectivity index (χ3v) is 7.80. The zero-order chi connectivity index (χ0) is 16.5. The van der Waals surface area contributed by atoms with Gasteiger partial charge < -0.3 is 0 Å². The van der Waals surface area contributed by atoms with E-state index in [0.717, 1.165) is 15.9 Å². The van der Waals surface area contributed by atoms with E-state index in [1.165, 1.54) is 0 Å². The van der Waals surface area contributed by atoms with E-state index >= 15 is 0 Å². The van der Waals surface area contributed by atoms with Crippen molar-refractivity contribution in [1.29, 1.82) is 0 Å². The number of allylic oxidation sites excluding steroid dienone is 5. The molecule has 118 valence electrons. The molecule has 0 saturated heterocycles. The molecule has 0 heterocycles. The Morgan fingerprint density at radius 3 is 2.26 bits per heavy atom. The van der Waals surface area contributed by atoms with Crippen LogP contribution in [0.2, 0.25) is 0 Å². The molecule has 0 amide bonds. The van der Waals surface area contributed by atoms with Gasteiger partial charge >= 0.3 is 0 Å². The van der Waals surface area contributed by atoms with Gasteiger partial charge in [-0.3, -0.25) is 4.57 Å². The lowest BCUT2D eigenvalue weighted by molar-refractivity contribution is 0.584. The maximum Gasteiger partial charge on any atom is 0.207 e. The number of benzene rings is 2. The summed E-state index contributed by atoms with van der Waals surface area (Å²) in [6, 6.07) is 19.6. The first-order valence-corrected chi connectivity index (χ1v) is 10.1. The molecule has 0 saturated carbocycles. The maximum atomic E-state index is 13.8. The van der Waals surface area contributed by atoms with E-state index in [1.807, 2.05) is 85.8 Å². The molecule has 2 rings (SSSR count). The average Bonchev–Trinajstić information content (AvgIpc) is 2.62. The molecule has 1 N–H and O–H groups in total. The highest BCUT2D eigenvalue weighted by Crippen LogP contribution is 2.52. The average molecular weight is 341 g/mol. The van der Waals surface area contributed by atoms with E-state index in [-0.39, 0.29) is 8.73 Å². The Hall–Kier alpha value is -1.72. The SMILES string of the molecule is C=C/C=C\C(=C/C)P(=O)(NPc1ccccc1)c1ccccc1. The standard InChI is InChI=1S/C19H21NOP2/c1-3-5-14-18(4-2)23(21,19-15-10-7-11-16-19)20-22-17-12-8-6-9-13-17/h3-16,22H,1H2,2H3,(H,20,21)/b14-5-,18-4+. The molecular weight excluding hydrogens is 320 g/mol. The van der Waals surface area contributed by atoms with Crippen LogP contribution in [0.15, 0.2) is 96.9 Å². The van der Waals surface area contributed by atoms with Crippen molar-refractivity contribution in [3.05, 3.63) is 96.9 Å². The minimum absolute atomic E-state index is 0.269. The highest BCUT2D eigenvalue weighted by Gasteiger charge is 2.27. The molecule has 0 aliphatic heterocycles. The van der Waals surface area contributed by atoms with Gasteiger partial charge in [0.25, 0.3) is 0 Å². The van der Waals surface area contributed by atoms with Crippen LogP contribution in [-0.4, -0.2) is 0 Å². The first-order chi connectivity index (χ1) is 11.2. The van der Waals surface area contributed by atoms with E-state index < -0.39 is 7.29 Å². The van der Waals surface area contributed by atoms with Crippen LogP contribution in [0.25, 0.3) is 0 Å². The Morgan fingerprint density at radius 2 is 1.70 bits per heavy atom. The van der Waals surface area contributed by atoms with Crippen molar-refractivity contribution in [2.45, 2.75) is 6.92 Å². The van der Waals surface area contributed by atoms with Crippen molar-refractivity contribution in [3.8, 4) is 0 Å². The van der Waals surface area contributed by atoms with Gasteiger partial charge in [0.1, 0.15) is 0 Å². The summed E-state index contributed by atoms with van der Waals surface area (Å²) in [5.74, 6) is 0. The van der Waals surface area contributed by atoms with Gasteiger partial charge in [-0.1, -0.05) is 79.4 Å². The first kappa shape index (κ1) is 17.6. The molecule has 0 spiro atoms. The molecule has 0 bridgehead atoms. The van der Waals surface area contributed by atoms with Crippen LogP contribution in [0.4, 0.5) is 0 Å². The molecule has 2 nitrogen and oxygen atoms in total. The largest absolute Gasteiger partial charge is 0.296 e. The topological polar surface area (TPSA) is 29.1 Å². The Balaban J connectivity index is 2.37. The third kappa shape index (κ3) is 4.62. The van der Waals surface area contributed by atoms with Gasteiger partial charge in [0.05, 0.1) is 0 Å². The number of hydrogen-bond donors (Lipinski definition) is 1. The number of hydrogen-bond acceptors (Lipinski definition) is 1. The zero-order valence-corrected chi connectivity index (χ0v) is 15.0. The van der Waals surface area contributed by atoms with Gasteiger partial charge in [0.2, 0.25) is 7.29 Å². The van der Waals surface area contributed by atoms with Crippen molar-refractivity contribution in [2.24, 2.45) is 0 Å². The smallest absolute Gasteiger partial charge is 0.207 e. The van der Waals surface area contributed by atoms with Crippen LogP contribution >= 0.6 is 16.0 Å². The molecular formula is C19H21NOP2. The molecule has 2 atom stereocenters. The predicted octanol–water partition coefficient (Wildman–Crippen LogP) is 4.74. The van der Waals surface area contributed by atoms with E-state index in [1.54, 1.807) is 6.08 Å². The fraction of sp³-hybridized carbons (Fsp3) is 0.0526. The minimum atomic E-state index is -2.89. The molecule has 2 unspecified atom stereocenters. The maximum absolute atomic E-state index is 13.8. The van der Waals surface area contributed by atoms with Gasteiger partial charge in [-0.05, 0) is 33.1 Å². The molecule has 2 aromatic carbocycles. The summed E-state index contributed by atoms with van der Waals surface area (Å²) in [4.78, 5) is 3.32. The van der Waals surface area contributed by atoms with E-state index in [4.69, 9.17) is 0 Å². The van der Waals surface area contributed by atoms with Crippen molar-refractivity contribution in [3.63, 3.8) is 0 Å². The van der Waals surface area contributed by atoms with Gasteiger partial charge in [0, 0.05) is 10.6 Å². The first-order valence-electron chi connectivity index (χ1n) is 7.40. The second kappa shape index (κ2) is 8.79. The Bertz CT molecular complexity index is 736. The van der Waals surface area contributed by atoms with Crippen LogP contribution in [0.1, 0.15) is 6.92 Å². The van der Waals surface area contributed by atoms with E-state index in [0.29, 0.717) is 0 Å². The van der Waals surface area contributed by atoms with Crippen molar-refractivity contribution in [1.82, 2.24) is 4.86 Å². The summed E-state index contributed by atoms with van der Waals surface area (Å²) >= 11 is 0. The van der Waals surface area contributed by atoms with Crippen LogP contribution in [-0.2, 0) is 4.57 Å². The predicted molar refractivity (Wildman–Crippen MR) is 104 cm³/mol. The summed E-state index contributed by atoms with van der Waals surface area (Å²) in [5.41, 5.74) is 0. The molecule has 0 aromatic heterocycles. The molecule has 2 aromatic rings. The van der Waals surface area contributed by atoms with E-state index in [2.05, 4.69) is 11.4 Å². The van der Waals surface area contributed by atoms with Crippen LogP contribution in [0, 0.1) is 0 Å². The molecule has 0 aliphatic carbocycles. The number of rotatable bonds is 7. The molecule has 0 aliphatic rings. The lowest BCUT2D eigenvalue weighted by atomic mass is 10.4. The van der Waals surface area contributed by atoms with E-state index in [9.17, 15) is 4.57 Å². The van der Waals surface area contributed by atoms with Gasteiger partial charge in [-0.15, -0.1) is 0 Å². The van der Waals surface area contributed by atoms with Crippen molar-refractivity contribution < 1.29 is 4.57 Å². The zero-order valence-electron chi connectivity index (χ0n) is 13.1. The lowest BCUT2D eigenvalue weighted by Crippen LogP contribution is -2.16. The summed E-state index contributed by atoms with van der Waals surface area (Å²) < 4.78 is 13.8. The molecule has 0 radical (unpaired) electrons. The highest BCUT2D eigenvalue weighted by atomic mass is 31.2.